The van der Waals surface area contributed by atoms with Gasteiger partial charge in [0, 0.05) is 6.42 Å². The number of carbonyl (C=O) groups is 2. The van der Waals surface area contributed by atoms with Gasteiger partial charge in [0.1, 0.15) is 11.6 Å². The zero-order valence-electron chi connectivity index (χ0n) is 10.7. The van der Waals surface area contributed by atoms with E-state index in [-0.39, 0.29) is 0 Å². The smallest absolute Gasteiger partial charge is 0.411 e. The number of alkyl halides is 2. The van der Waals surface area contributed by atoms with E-state index >= 15 is 0 Å². The number of hydrogen-bond donors (Lipinski definition) is 0. The van der Waals surface area contributed by atoms with E-state index in [2.05, 4.69) is 6.58 Å². The molecule has 1 atom stereocenters. The first-order chi connectivity index (χ1) is 8.06. The summed E-state index contributed by atoms with van der Waals surface area (Å²) in [5, 5.41) is 0. The second kappa shape index (κ2) is 4.66. The molecule has 1 fully saturated rings. The first-order valence-corrected chi connectivity index (χ1v) is 5.59. The van der Waals surface area contributed by atoms with Crippen molar-refractivity contribution < 1.29 is 23.1 Å². The molecular weight excluding hydrogens is 244 g/mol. The molecule has 18 heavy (non-hydrogen) atoms. The fourth-order valence-electron chi connectivity index (χ4n) is 1.72. The topological polar surface area (TPSA) is 46.6 Å². The molecule has 6 heteroatoms. The predicted octanol–water partition coefficient (Wildman–Crippen LogP) is 2.39. The number of ketones is 1. The van der Waals surface area contributed by atoms with Crippen molar-refractivity contribution in [3.8, 4) is 0 Å². The van der Waals surface area contributed by atoms with Crippen LogP contribution in [0.5, 0.6) is 0 Å². The summed E-state index contributed by atoms with van der Waals surface area (Å²) in [7, 11) is 0. The van der Waals surface area contributed by atoms with Gasteiger partial charge >= 0.3 is 6.09 Å². The monoisotopic (exact) mass is 261 g/mol. The summed E-state index contributed by atoms with van der Waals surface area (Å²) in [4.78, 5) is 24.0. The van der Waals surface area contributed by atoms with E-state index in [1.54, 1.807) is 20.8 Å². The number of hydrogen-bond acceptors (Lipinski definition) is 3. The number of amides is 1. The average Bonchev–Trinajstić information content (AvgIpc) is 2.51. The number of likely N-dealkylation sites (tertiary alicyclic amines) is 1. The number of nitrogens with zero attached hydrogens (tertiary/aromatic N) is 1. The first kappa shape index (κ1) is 14.6. The van der Waals surface area contributed by atoms with E-state index in [0.29, 0.717) is 0 Å². The molecule has 0 aliphatic carbocycles. The Morgan fingerprint density at radius 1 is 1.44 bits per heavy atom. The van der Waals surface area contributed by atoms with Crippen molar-refractivity contribution in [2.75, 3.05) is 6.54 Å². The van der Waals surface area contributed by atoms with Crippen LogP contribution in [-0.2, 0) is 9.53 Å². The highest BCUT2D eigenvalue weighted by molar-refractivity contribution is 5.96. The lowest BCUT2D eigenvalue weighted by Crippen LogP contribution is -2.43. The number of halogens is 2. The second-order valence-corrected chi connectivity index (χ2v) is 5.29. The van der Waals surface area contributed by atoms with Crippen molar-refractivity contribution in [1.82, 2.24) is 4.90 Å². The van der Waals surface area contributed by atoms with Crippen molar-refractivity contribution in [3.63, 3.8) is 0 Å². The van der Waals surface area contributed by atoms with Crippen molar-refractivity contribution in [2.24, 2.45) is 0 Å². The minimum atomic E-state index is -3.07. The molecule has 0 spiro atoms. The molecule has 4 nitrogen and oxygen atoms in total. The molecular formula is C12H17F2NO3. The normalized spacial score (nSPS) is 22.7. The minimum Gasteiger partial charge on any atom is -0.444 e. The quantitative estimate of drug-likeness (QED) is 0.717. The Labute approximate surface area is 105 Å². The van der Waals surface area contributed by atoms with Crippen molar-refractivity contribution in [1.29, 1.82) is 0 Å². The lowest BCUT2D eigenvalue weighted by molar-refractivity contribution is -0.118. The Kier molecular flexibility index (Phi) is 3.78. The molecule has 1 heterocycles. The van der Waals surface area contributed by atoms with Gasteiger partial charge < -0.3 is 4.74 Å². The molecule has 0 N–H and O–H groups in total. The molecule has 102 valence electrons. The van der Waals surface area contributed by atoms with Gasteiger partial charge in [-0.3, -0.25) is 9.69 Å². The summed E-state index contributed by atoms with van der Waals surface area (Å²) >= 11 is 0. The summed E-state index contributed by atoms with van der Waals surface area (Å²) < 4.78 is 31.6. The van der Waals surface area contributed by atoms with Gasteiger partial charge in [-0.2, -0.15) is 0 Å². The maximum Gasteiger partial charge on any atom is 0.411 e. The van der Waals surface area contributed by atoms with Gasteiger partial charge in [-0.05, 0) is 26.8 Å². The fraction of sp³-hybridized carbons (Fsp3) is 0.667. The molecule has 0 radical (unpaired) electrons. The Morgan fingerprint density at radius 3 is 2.44 bits per heavy atom. The van der Waals surface area contributed by atoms with E-state index in [1.807, 2.05) is 0 Å². The van der Waals surface area contributed by atoms with Crippen LogP contribution in [0.25, 0.3) is 0 Å². The van der Waals surface area contributed by atoms with Crippen LogP contribution in [0.4, 0.5) is 13.6 Å². The third-order valence-corrected chi connectivity index (χ3v) is 2.43. The van der Waals surface area contributed by atoms with Crippen LogP contribution in [0, 0.1) is 0 Å². The Hall–Kier alpha value is -1.46. The fourth-order valence-corrected chi connectivity index (χ4v) is 1.72. The lowest BCUT2D eigenvalue weighted by Gasteiger charge is -2.27. The van der Waals surface area contributed by atoms with Crippen molar-refractivity contribution in [2.45, 2.75) is 44.8 Å². The molecule has 0 aromatic rings. The van der Waals surface area contributed by atoms with Gasteiger partial charge in [0.25, 0.3) is 5.92 Å². The minimum absolute atomic E-state index is 0.599. The predicted molar refractivity (Wildman–Crippen MR) is 61.5 cm³/mol. The van der Waals surface area contributed by atoms with Crippen LogP contribution in [-0.4, -0.2) is 40.9 Å². The zero-order chi connectivity index (χ0) is 14.1. The Morgan fingerprint density at radius 2 is 2.00 bits per heavy atom. The van der Waals surface area contributed by atoms with Gasteiger partial charge in [0.2, 0.25) is 0 Å². The van der Waals surface area contributed by atoms with Crippen molar-refractivity contribution >= 4 is 11.9 Å². The summed E-state index contributed by atoms with van der Waals surface area (Å²) in [5.74, 6) is -3.67. The Bertz CT molecular complexity index is 374. The highest BCUT2D eigenvalue weighted by Gasteiger charge is 2.50. The molecule has 0 saturated carbocycles. The van der Waals surface area contributed by atoms with Crippen LogP contribution >= 0.6 is 0 Å². The maximum atomic E-state index is 13.3. The third-order valence-electron chi connectivity index (χ3n) is 2.43. The maximum absolute atomic E-state index is 13.3. The molecule has 1 rings (SSSR count). The van der Waals surface area contributed by atoms with Gasteiger partial charge in [0.15, 0.2) is 5.78 Å². The standard InChI is InChI=1S/C12H17F2NO3/c1-5-9(16)8-6-12(13,14)7-15(8)10(17)18-11(2,3)4/h5,8H,1,6-7H2,2-4H3. The van der Waals surface area contributed by atoms with E-state index in [0.717, 1.165) is 11.0 Å². The van der Waals surface area contributed by atoms with Crippen LogP contribution in [0.3, 0.4) is 0 Å². The summed E-state index contributed by atoms with van der Waals surface area (Å²) in [6, 6.07) is -1.19. The lowest BCUT2D eigenvalue weighted by atomic mass is 10.1. The van der Waals surface area contributed by atoms with E-state index in [9.17, 15) is 18.4 Å². The number of ether oxygens (including phenoxy) is 1. The summed E-state index contributed by atoms with van der Waals surface area (Å²) in [6.07, 6.45) is -0.638. The summed E-state index contributed by atoms with van der Waals surface area (Å²) in [6.45, 7) is 7.33. The Balaban J connectivity index is 2.87. The number of rotatable bonds is 2. The SMILES string of the molecule is C=CC(=O)C1CC(F)(F)CN1C(=O)OC(C)(C)C. The van der Waals surface area contributed by atoms with Crippen LogP contribution in [0.15, 0.2) is 12.7 Å². The second-order valence-electron chi connectivity index (χ2n) is 5.29. The van der Waals surface area contributed by atoms with Gasteiger partial charge in [0.05, 0.1) is 6.54 Å². The average molecular weight is 261 g/mol. The van der Waals surface area contributed by atoms with Crippen molar-refractivity contribution in [3.05, 3.63) is 12.7 Å². The molecule has 0 aromatic heterocycles. The highest BCUT2D eigenvalue weighted by atomic mass is 19.3. The van der Waals surface area contributed by atoms with E-state index in [4.69, 9.17) is 4.74 Å². The van der Waals surface area contributed by atoms with E-state index in [1.165, 1.54) is 0 Å². The van der Waals surface area contributed by atoms with Crippen LogP contribution in [0.1, 0.15) is 27.2 Å². The van der Waals surface area contributed by atoms with Crippen LogP contribution < -0.4 is 0 Å². The third kappa shape index (κ3) is 3.51. The molecule has 1 unspecified atom stereocenters. The zero-order valence-corrected chi connectivity index (χ0v) is 10.7. The molecule has 1 aliphatic heterocycles. The molecule has 0 aromatic carbocycles. The van der Waals surface area contributed by atoms with Gasteiger partial charge in [-0.15, -0.1) is 0 Å². The molecule has 0 bridgehead atoms. The van der Waals surface area contributed by atoms with Gasteiger partial charge in [-0.1, -0.05) is 6.58 Å². The largest absolute Gasteiger partial charge is 0.444 e. The summed E-state index contributed by atoms with van der Waals surface area (Å²) in [5.41, 5.74) is -0.795. The molecule has 1 saturated heterocycles. The number of carbonyl (C=O) groups excluding carboxylic acids is 2. The molecule has 1 amide bonds. The highest BCUT2D eigenvalue weighted by Crippen LogP contribution is 2.33. The van der Waals surface area contributed by atoms with Crippen LogP contribution in [0.2, 0.25) is 0 Å². The van der Waals surface area contributed by atoms with Gasteiger partial charge in [-0.25, -0.2) is 13.6 Å². The van der Waals surface area contributed by atoms with E-state index < -0.39 is 42.4 Å². The molecule has 1 aliphatic rings. The first-order valence-electron chi connectivity index (χ1n) is 5.59.